The Morgan fingerprint density at radius 3 is 2.00 bits per heavy atom. The lowest BCUT2D eigenvalue weighted by Crippen LogP contribution is -2.32. The largest absolute Gasteiger partial charge is 0.497 e. The van der Waals surface area contributed by atoms with Crippen LogP contribution in [0.2, 0.25) is 0 Å². The zero-order valence-electron chi connectivity index (χ0n) is 13.8. The van der Waals surface area contributed by atoms with Crippen molar-refractivity contribution in [2.45, 2.75) is 51.4 Å². The molecule has 0 amide bonds. The van der Waals surface area contributed by atoms with Crippen LogP contribution in [0.3, 0.4) is 0 Å². The van der Waals surface area contributed by atoms with Gasteiger partial charge in [-0.25, -0.2) is 0 Å². The smallest absolute Gasteiger partial charge is 0.122 e. The van der Waals surface area contributed by atoms with Gasteiger partial charge < -0.3 is 19.3 Å². The van der Waals surface area contributed by atoms with Crippen molar-refractivity contribution in [2.75, 3.05) is 14.2 Å². The van der Waals surface area contributed by atoms with Crippen molar-refractivity contribution < 1.29 is 19.3 Å². The van der Waals surface area contributed by atoms with Gasteiger partial charge in [0.15, 0.2) is 0 Å². The molecule has 2 rings (SSSR count). The third-order valence-corrected chi connectivity index (χ3v) is 4.24. The highest BCUT2D eigenvalue weighted by molar-refractivity contribution is 5.39. The number of aliphatic hydroxyl groups excluding tert-OH is 1. The monoisotopic (exact) mass is 294 g/mol. The van der Waals surface area contributed by atoms with Crippen LogP contribution < -0.4 is 9.47 Å². The second kappa shape index (κ2) is 5.50. The summed E-state index contributed by atoms with van der Waals surface area (Å²) in [7, 11) is 3.22. The first-order valence-corrected chi connectivity index (χ1v) is 7.30. The number of hydrogen-bond donors (Lipinski definition) is 1. The van der Waals surface area contributed by atoms with Crippen molar-refractivity contribution in [3.8, 4) is 11.5 Å². The van der Waals surface area contributed by atoms with Gasteiger partial charge in [0.2, 0.25) is 0 Å². The van der Waals surface area contributed by atoms with Crippen molar-refractivity contribution in [3.63, 3.8) is 0 Å². The zero-order chi connectivity index (χ0) is 15.8. The molecule has 1 N–H and O–H groups in total. The van der Waals surface area contributed by atoms with E-state index in [9.17, 15) is 5.11 Å². The fourth-order valence-electron chi connectivity index (χ4n) is 3.33. The Morgan fingerprint density at radius 1 is 1.10 bits per heavy atom. The normalized spacial score (nSPS) is 24.6. The van der Waals surface area contributed by atoms with Crippen LogP contribution in [0.15, 0.2) is 18.2 Å². The Balaban J connectivity index is 2.33. The predicted molar refractivity (Wildman–Crippen MR) is 81.9 cm³/mol. The molecule has 2 atom stereocenters. The van der Waals surface area contributed by atoms with Crippen LogP contribution in [-0.4, -0.2) is 30.5 Å². The van der Waals surface area contributed by atoms with Crippen molar-refractivity contribution in [3.05, 3.63) is 23.8 Å². The number of hydrogen-bond acceptors (Lipinski definition) is 4. The average Bonchev–Trinajstić information content (AvgIpc) is 2.65. The van der Waals surface area contributed by atoms with Crippen LogP contribution in [0, 0.1) is 5.92 Å². The molecule has 118 valence electrons. The average molecular weight is 294 g/mol. The quantitative estimate of drug-likeness (QED) is 0.925. The minimum absolute atomic E-state index is 0.0179. The minimum Gasteiger partial charge on any atom is -0.497 e. The van der Waals surface area contributed by atoms with E-state index in [1.165, 1.54) is 0 Å². The van der Waals surface area contributed by atoms with Gasteiger partial charge in [0.05, 0.1) is 31.5 Å². The third kappa shape index (κ3) is 3.33. The standard InChI is InChI=1S/C17H26O4/c1-16(2)10-14(17(3,4)21-16)15(18)11-7-12(19-5)9-13(8-11)20-6/h7-9,14-15,18H,10H2,1-6H3. The van der Waals surface area contributed by atoms with Gasteiger partial charge >= 0.3 is 0 Å². The molecule has 0 bridgehead atoms. The topological polar surface area (TPSA) is 47.9 Å². The molecule has 0 aromatic heterocycles. The SMILES string of the molecule is COc1cc(OC)cc(C(O)C2CC(C)(C)OC2(C)C)c1. The number of rotatable bonds is 4. The van der Waals surface area contributed by atoms with E-state index in [2.05, 4.69) is 13.8 Å². The Morgan fingerprint density at radius 2 is 1.62 bits per heavy atom. The minimum atomic E-state index is -0.620. The summed E-state index contributed by atoms with van der Waals surface area (Å²) >= 11 is 0. The van der Waals surface area contributed by atoms with E-state index in [-0.39, 0.29) is 17.1 Å². The molecule has 1 aliphatic rings. The first-order valence-electron chi connectivity index (χ1n) is 7.30. The molecular weight excluding hydrogens is 268 g/mol. The summed E-state index contributed by atoms with van der Waals surface area (Å²) in [6.45, 7) is 8.20. The van der Waals surface area contributed by atoms with Crippen LogP contribution in [0.1, 0.15) is 45.8 Å². The molecule has 0 radical (unpaired) electrons. The maximum absolute atomic E-state index is 10.8. The molecule has 1 aromatic carbocycles. The molecule has 0 aliphatic carbocycles. The first kappa shape index (κ1) is 16.1. The molecule has 1 heterocycles. The second-order valence-corrected chi connectivity index (χ2v) is 6.87. The molecule has 1 aliphatic heterocycles. The van der Waals surface area contributed by atoms with Gasteiger partial charge in [-0.15, -0.1) is 0 Å². The van der Waals surface area contributed by atoms with E-state index >= 15 is 0 Å². The maximum atomic E-state index is 10.8. The molecule has 4 heteroatoms. The summed E-state index contributed by atoms with van der Waals surface area (Å²) in [5.41, 5.74) is 0.197. The molecule has 2 unspecified atom stereocenters. The fourth-order valence-corrected chi connectivity index (χ4v) is 3.33. The molecule has 0 spiro atoms. The number of benzene rings is 1. The van der Waals surface area contributed by atoms with Gasteiger partial charge in [0, 0.05) is 12.0 Å². The highest BCUT2D eigenvalue weighted by Crippen LogP contribution is 2.48. The fraction of sp³-hybridized carbons (Fsp3) is 0.647. The molecule has 21 heavy (non-hydrogen) atoms. The van der Waals surface area contributed by atoms with Gasteiger partial charge in [0.1, 0.15) is 11.5 Å². The Hall–Kier alpha value is -1.26. The summed E-state index contributed by atoms with van der Waals surface area (Å²) in [5.74, 6) is 1.38. The van der Waals surface area contributed by atoms with Crippen molar-refractivity contribution >= 4 is 0 Å². The van der Waals surface area contributed by atoms with Crippen LogP contribution in [-0.2, 0) is 4.74 Å². The summed E-state index contributed by atoms with van der Waals surface area (Å²) in [6.07, 6.45) is 0.187. The van der Waals surface area contributed by atoms with E-state index in [4.69, 9.17) is 14.2 Å². The summed E-state index contributed by atoms with van der Waals surface area (Å²) in [6, 6.07) is 5.51. The van der Waals surface area contributed by atoms with E-state index in [1.54, 1.807) is 20.3 Å². The summed E-state index contributed by atoms with van der Waals surface area (Å²) < 4.78 is 16.6. The van der Waals surface area contributed by atoms with Gasteiger partial charge in [-0.2, -0.15) is 0 Å². The first-order chi connectivity index (χ1) is 9.68. The molecular formula is C17H26O4. The Kier molecular flexibility index (Phi) is 4.22. The van der Waals surface area contributed by atoms with Gasteiger partial charge in [-0.3, -0.25) is 0 Å². The van der Waals surface area contributed by atoms with Crippen molar-refractivity contribution in [2.24, 2.45) is 5.92 Å². The number of aliphatic hydroxyl groups is 1. The van der Waals surface area contributed by atoms with E-state index in [0.717, 1.165) is 12.0 Å². The van der Waals surface area contributed by atoms with Crippen LogP contribution in [0.25, 0.3) is 0 Å². The van der Waals surface area contributed by atoms with E-state index < -0.39 is 6.10 Å². The molecule has 1 fully saturated rings. The summed E-state index contributed by atoms with van der Waals surface area (Å²) in [4.78, 5) is 0. The van der Waals surface area contributed by atoms with E-state index in [0.29, 0.717) is 11.5 Å². The lowest BCUT2D eigenvalue weighted by Gasteiger charge is -2.30. The second-order valence-electron chi connectivity index (χ2n) is 6.87. The van der Waals surface area contributed by atoms with E-state index in [1.807, 2.05) is 26.0 Å². The van der Waals surface area contributed by atoms with Crippen molar-refractivity contribution in [1.82, 2.24) is 0 Å². The summed E-state index contributed by atoms with van der Waals surface area (Å²) in [5, 5.41) is 10.8. The lowest BCUT2D eigenvalue weighted by atomic mass is 9.80. The maximum Gasteiger partial charge on any atom is 0.122 e. The Bertz CT molecular complexity index is 485. The highest BCUT2D eigenvalue weighted by Gasteiger charge is 2.49. The molecule has 4 nitrogen and oxygen atoms in total. The van der Waals surface area contributed by atoms with Crippen LogP contribution in [0.5, 0.6) is 11.5 Å². The molecule has 1 saturated heterocycles. The Labute approximate surface area is 127 Å². The van der Waals surface area contributed by atoms with Crippen molar-refractivity contribution in [1.29, 1.82) is 0 Å². The zero-order valence-corrected chi connectivity index (χ0v) is 13.8. The third-order valence-electron chi connectivity index (χ3n) is 4.24. The van der Waals surface area contributed by atoms with Crippen LogP contribution in [0.4, 0.5) is 0 Å². The van der Waals surface area contributed by atoms with Gasteiger partial charge in [-0.05, 0) is 51.8 Å². The highest BCUT2D eigenvalue weighted by atomic mass is 16.5. The molecule has 1 aromatic rings. The van der Waals surface area contributed by atoms with Gasteiger partial charge in [-0.1, -0.05) is 0 Å². The predicted octanol–water partition coefficient (Wildman–Crippen LogP) is 3.33. The number of ether oxygens (including phenoxy) is 3. The molecule has 0 saturated carbocycles. The van der Waals surface area contributed by atoms with Gasteiger partial charge in [0.25, 0.3) is 0 Å². The lowest BCUT2D eigenvalue weighted by molar-refractivity contribution is -0.0880. The number of methoxy groups -OCH3 is 2. The van der Waals surface area contributed by atoms with Crippen LogP contribution >= 0.6 is 0 Å².